The van der Waals surface area contributed by atoms with Crippen molar-refractivity contribution in [1.29, 1.82) is 0 Å². The van der Waals surface area contributed by atoms with Gasteiger partial charge in [-0.05, 0) is 44.4 Å². The highest BCUT2D eigenvalue weighted by Gasteiger charge is 2.42. The summed E-state index contributed by atoms with van der Waals surface area (Å²) in [6, 6.07) is 12.8. The number of carbonyl (C=O) groups excluding carboxylic acids is 1. The maximum absolute atomic E-state index is 12.6. The number of hydrogen-bond donors (Lipinski definition) is 3. The van der Waals surface area contributed by atoms with Gasteiger partial charge in [0.25, 0.3) is 5.91 Å². The number of aliphatic imine (C=N–C) groups is 1. The molecule has 0 aliphatic carbocycles. The molecule has 3 N–H and O–H groups in total. The van der Waals surface area contributed by atoms with Gasteiger partial charge in [-0.3, -0.25) is 4.79 Å². The van der Waals surface area contributed by atoms with E-state index in [1.54, 1.807) is 30.3 Å². The number of hydrogen-bond acceptors (Lipinski definition) is 10. The van der Waals surface area contributed by atoms with Crippen LogP contribution < -0.4 is 10.6 Å². The molecular weight excluding hydrogens is 510 g/mol. The summed E-state index contributed by atoms with van der Waals surface area (Å²) < 4.78 is 11.6. The summed E-state index contributed by atoms with van der Waals surface area (Å²) in [5.41, 5.74) is 1.96. The largest absolute Gasteiger partial charge is 0.475 e. The molecule has 0 saturated carbocycles. The molecule has 11 nitrogen and oxygen atoms in total. The topological polar surface area (TPSA) is 134 Å². The fourth-order valence-corrected chi connectivity index (χ4v) is 5.30. The van der Waals surface area contributed by atoms with Gasteiger partial charge in [0.1, 0.15) is 23.8 Å². The van der Waals surface area contributed by atoms with Gasteiger partial charge in [-0.2, -0.15) is 4.98 Å². The van der Waals surface area contributed by atoms with Crippen molar-refractivity contribution in [3.05, 3.63) is 71.0 Å². The molecule has 208 valence electrons. The Morgan fingerprint density at radius 1 is 1.07 bits per heavy atom. The summed E-state index contributed by atoms with van der Waals surface area (Å²) >= 11 is 0. The van der Waals surface area contributed by atoms with Crippen molar-refractivity contribution in [2.75, 3.05) is 44.1 Å². The first-order chi connectivity index (χ1) is 19.3. The van der Waals surface area contributed by atoms with Crippen LogP contribution in [-0.4, -0.2) is 75.8 Å². The smallest absolute Gasteiger partial charge is 0.256 e. The van der Waals surface area contributed by atoms with E-state index in [2.05, 4.69) is 15.6 Å². The first-order valence-electron chi connectivity index (χ1n) is 13.5. The number of benzene rings is 1. The highest BCUT2D eigenvalue weighted by molar-refractivity contribution is 6.00. The molecule has 3 aromatic rings. The molecule has 1 amide bonds. The van der Waals surface area contributed by atoms with Crippen molar-refractivity contribution < 1.29 is 19.4 Å². The van der Waals surface area contributed by atoms with E-state index in [1.165, 1.54) is 0 Å². The maximum Gasteiger partial charge on any atom is 0.256 e. The zero-order valence-electron chi connectivity index (χ0n) is 22.8. The molecule has 0 bridgehead atoms. The summed E-state index contributed by atoms with van der Waals surface area (Å²) in [6.45, 7) is 5.57. The molecule has 6 rings (SSSR count). The Morgan fingerprint density at radius 2 is 1.85 bits per heavy atom. The third kappa shape index (κ3) is 4.65. The number of carbonyl (C=O) groups is 1. The Bertz CT molecular complexity index is 1450. The molecule has 1 fully saturated rings. The molecule has 3 aliphatic heterocycles. The molecule has 0 radical (unpaired) electrons. The molecule has 2 aromatic heterocycles. The van der Waals surface area contributed by atoms with Gasteiger partial charge in [-0.1, -0.05) is 30.3 Å². The number of aliphatic hydroxyl groups excluding tert-OH is 1. The summed E-state index contributed by atoms with van der Waals surface area (Å²) in [5, 5.41) is 16.8. The van der Waals surface area contributed by atoms with Crippen molar-refractivity contribution >= 4 is 29.4 Å². The predicted molar refractivity (Wildman–Crippen MR) is 150 cm³/mol. The van der Waals surface area contributed by atoms with Crippen LogP contribution in [0.15, 0.2) is 53.7 Å². The van der Waals surface area contributed by atoms with E-state index in [-0.39, 0.29) is 18.1 Å². The average molecular weight is 544 g/mol. The van der Waals surface area contributed by atoms with Crippen LogP contribution in [0.1, 0.15) is 59.9 Å². The third-order valence-corrected chi connectivity index (χ3v) is 8.04. The number of nitrogens with zero attached hydrogens (tertiary/aromatic N) is 5. The fraction of sp³-hybridized carbons (Fsp3) is 0.414. The Hall–Kier alpha value is -4.09. The molecule has 40 heavy (non-hydrogen) atoms. The van der Waals surface area contributed by atoms with E-state index < -0.39 is 11.6 Å². The van der Waals surface area contributed by atoms with Gasteiger partial charge in [-0.25, -0.2) is 15.0 Å². The van der Waals surface area contributed by atoms with Crippen LogP contribution in [0.2, 0.25) is 0 Å². The Labute approximate surface area is 232 Å². The molecule has 1 aromatic carbocycles. The number of aromatic nitrogens is 3. The number of nitrogens with one attached hydrogen (secondary N) is 2. The Morgan fingerprint density at radius 3 is 2.60 bits per heavy atom. The van der Waals surface area contributed by atoms with Gasteiger partial charge in [-0.15, -0.1) is 0 Å². The van der Waals surface area contributed by atoms with Crippen molar-refractivity contribution in [3.63, 3.8) is 0 Å². The van der Waals surface area contributed by atoms with Gasteiger partial charge in [0.15, 0.2) is 0 Å². The molecular formula is C29H33N7O4. The lowest BCUT2D eigenvalue weighted by Crippen LogP contribution is -2.35. The number of ether oxygens (including phenoxy) is 2. The van der Waals surface area contributed by atoms with Gasteiger partial charge in [0, 0.05) is 26.5 Å². The van der Waals surface area contributed by atoms with Crippen LogP contribution in [0.4, 0.5) is 17.6 Å². The van der Waals surface area contributed by atoms with Crippen LogP contribution in [-0.2, 0) is 15.0 Å². The molecule has 5 heterocycles. The van der Waals surface area contributed by atoms with Crippen LogP contribution in [0.25, 0.3) is 0 Å². The first kappa shape index (κ1) is 26.1. The monoisotopic (exact) mass is 543 g/mol. The van der Waals surface area contributed by atoms with Gasteiger partial charge < -0.3 is 30.1 Å². The van der Waals surface area contributed by atoms with E-state index in [1.807, 2.05) is 44.2 Å². The summed E-state index contributed by atoms with van der Waals surface area (Å²) in [4.78, 5) is 33.3. The zero-order valence-corrected chi connectivity index (χ0v) is 22.8. The Balaban J connectivity index is 1.34. The van der Waals surface area contributed by atoms with Gasteiger partial charge >= 0.3 is 0 Å². The number of amides is 1. The number of rotatable bonds is 7. The third-order valence-electron chi connectivity index (χ3n) is 8.04. The SMILES string of the molecule is CN1C(=O)c2ccc(Nc3ncc(C4=NC5(CCOCC5)CO4)c(N[C@H](CO)c4ccccc4)n3)nc2C1(C)C. The zero-order chi connectivity index (χ0) is 27.9. The number of anilines is 3. The van der Waals surface area contributed by atoms with Crippen LogP contribution in [0.5, 0.6) is 0 Å². The van der Waals surface area contributed by atoms with Gasteiger partial charge in [0.05, 0.1) is 35.0 Å². The fourth-order valence-electron chi connectivity index (χ4n) is 5.30. The van der Waals surface area contributed by atoms with E-state index in [0.717, 1.165) is 18.4 Å². The highest BCUT2D eigenvalue weighted by atomic mass is 16.5. The lowest BCUT2D eigenvalue weighted by Gasteiger charge is -2.28. The normalized spacial score (nSPS) is 19.6. The van der Waals surface area contributed by atoms with Crippen molar-refractivity contribution in [3.8, 4) is 0 Å². The minimum atomic E-state index is -0.538. The highest BCUT2D eigenvalue weighted by Crippen LogP contribution is 2.37. The second-order valence-corrected chi connectivity index (χ2v) is 10.9. The number of fused-ring (bicyclic) bond motifs is 1. The van der Waals surface area contributed by atoms with Crippen LogP contribution in [0.3, 0.4) is 0 Å². The lowest BCUT2D eigenvalue weighted by atomic mass is 9.92. The van der Waals surface area contributed by atoms with Crippen LogP contribution >= 0.6 is 0 Å². The standard InChI is InChI=1S/C29H33N7O4/c1-28(2)23-19(26(38)36(28)3)9-10-22(32-23)33-27-30-15-20(25-35-29(17-40-25)11-13-39-14-12-29)24(34-27)31-21(16-37)18-7-5-4-6-8-18/h4-10,15,21,37H,11-14,16-17H2,1-3H3,(H2,30,31,32,33,34)/t21-/m1/s1. The predicted octanol–water partition coefficient (Wildman–Crippen LogP) is 3.41. The van der Waals surface area contributed by atoms with Crippen molar-refractivity contribution in [2.24, 2.45) is 4.99 Å². The first-order valence-corrected chi connectivity index (χ1v) is 13.5. The van der Waals surface area contributed by atoms with E-state index in [4.69, 9.17) is 24.4 Å². The quantitative estimate of drug-likeness (QED) is 0.410. The van der Waals surface area contributed by atoms with E-state index in [0.29, 0.717) is 60.1 Å². The molecule has 1 saturated heterocycles. The molecule has 11 heteroatoms. The molecule has 1 atom stereocenters. The summed E-state index contributed by atoms with van der Waals surface area (Å²) in [5.74, 6) is 1.71. The van der Waals surface area contributed by atoms with E-state index >= 15 is 0 Å². The Kier molecular flexibility index (Phi) is 6.63. The molecule has 3 aliphatic rings. The van der Waals surface area contributed by atoms with Gasteiger partial charge in [0.2, 0.25) is 11.8 Å². The minimum absolute atomic E-state index is 0.0539. The van der Waals surface area contributed by atoms with Crippen LogP contribution in [0, 0.1) is 0 Å². The lowest BCUT2D eigenvalue weighted by molar-refractivity contribution is 0.0442. The molecule has 0 unspecified atom stereocenters. The number of aliphatic hydroxyl groups is 1. The number of pyridine rings is 1. The minimum Gasteiger partial charge on any atom is -0.475 e. The second kappa shape index (κ2) is 10.1. The average Bonchev–Trinajstić information content (AvgIpc) is 3.45. The summed E-state index contributed by atoms with van der Waals surface area (Å²) in [7, 11) is 1.78. The molecule has 1 spiro atoms. The second-order valence-electron chi connectivity index (χ2n) is 10.9. The summed E-state index contributed by atoms with van der Waals surface area (Å²) in [6.07, 6.45) is 3.25. The van der Waals surface area contributed by atoms with Crippen molar-refractivity contribution in [1.82, 2.24) is 19.9 Å². The maximum atomic E-state index is 12.6. The van der Waals surface area contributed by atoms with E-state index in [9.17, 15) is 9.90 Å². The van der Waals surface area contributed by atoms with Crippen molar-refractivity contribution in [2.45, 2.75) is 43.8 Å².